The van der Waals surface area contributed by atoms with E-state index in [1.54, 1.807) is 19.2 Å². The lowest BCUT2D eigenvalue weighted by molar-refractivity contribution is 0.0932. The summed E-state index contributed by atoms with van der Waals surface area (Å²) in [6, 6.07) is 15.6. The van der Waals surface area contributed by atoms with Gasteiger partial charge in [0, 0.05) is 22.2 Å². The molecule has 24 heavy (non-hydrogen) atoms. The predicted octanol–water partition coefficient (Wildman–Crippen LogP) is 3.98. The summed E-state index contributed by atoms with van der Waals surface area (Å²) >= 11 is 0. The fourth-order valence-electron chi connectivity index (χ4n) is 3.54. The van der Waals surface area contributed by atoms with Crippen LogP contribution in [0.25, 0.3) is 10.9 Å². The van der Waals surface area contributed by atoms with Crippen molar-refractivity contribution in [1.29, 1.82) is 0 Å². The van der Waals surface area contributed by atoms with Gasteiger partial charge >= 0.3 is 0 Å². The van der Waals surface area contributed by atoms with Crippen LogP contribution in [-0.2, 0) is 6.42 Å². The molecule has 1 aromatic heterocycles. The van der Waals surface area contributed by atoms with E-state index in [0.29, 0.717) is 5.56 Å². The maximum absolute atomic E-state index is 12.6. The lowest BCUT2D eigenvalue weighted by atomic mass is 9.91. The van der Waals surface area contributed by atoms with Gasteiger partial charge in [0.1, 0.15) is 5.75 Å². The fraction of sp³-hybridized carbons (Fsp3) is 0.250. The van der Waals surface area contributed by atoms with E-state index in [0.717, 1.165) is 36.2 Å². The van der Waals surface area contributed by atoms with Crippen LogP contribution in [-0.4, -0.2) is 18.0 Å². The number of aryl methyl sites for hydroxylation is 1. The summed E-state index contributed by atoms with van der Waals surface area (Å²) in [5, 5.41) is 4.45. The van der Waals surface area contributed by atoms with Gasteiger partial charge in [0.15, 0.2) is 0 Å². The molecular formula is C20H20N2O2. The zero-order valence-corrected chi connectivity index (χ0v) is 13.6. The van der Waals surface area contributed by atoms with Gasteiger partial charge in [-0.1, -0.05) is 18.2 Å². The minimum absolute atomic E-state index is 0.0377. The van der Waals surface area contributed by atoms with Crippen LogP contribution in [0.1, 0.15) is 40.5 Å². The molecule has 0 saturated carbocycles. The number of hydrogen-bond acceptors (Lipinski definition) is 2. The zero-order chi connectivity index (χ0) is 16.5. The molecular weight excluding hydrogens is 300 g/mol. The molecule has 4 nitrogen and oxygen atoms in total. The van der Waals surface area contributed by atoms with Crippen molar-refractivity contribution in [2.45, 2.75) is 25.3 Å². The summed E-state index contributed by atoms with van der Waals surface area (Å²) < 4.78 is 5.14. The number of rotatable bonds is 3. The number of nitrogens with one attached hydrogen (secondary N) is 2. The van der Waals surface area contributed by atoms with Crippen molar-refractivity contribution >= 4 is 16.8 Å². The number of para-hydroxylation sites is 1. The topological polar surface area (TPSA) is 54.1 Å². The Hall–Kier alpha value is -2.75. The minimum atomic E-state index is -0.0471. The first-order chi connectivity index (χ1) is 11.8. The number of H-pyrrole nitrogens is 1. The number of amides is 1. The highest BCUT2D eigenvalue weighted by atomic mass is 16.5. The van der Waals surface area contributed by atoms with Crippen LogP contribution in [0.4, 0.5) is 0 Å². The highest BCUT2D eigenvalue weighted by molar-refractivity contribution is 5.95. The van der Waals surface area contributed by atoms with Crippen LogP contribution in [0, 0.1) is 0 Å². The van der Waals surface area contributed by atoms with Crippen molar-refractivity contribution in [2.75, 3.05) is 7.11 Å². The Morgan fingerprint density at radius 1 is 1.17 bits per heavy atom. The number of hydrogen-bond donors (Lipinski definition) is 2. The van der Waals surface area contributed by atoms with Crippen LogP contribution in [0.15, 0.2) is 48.5 Å². The smallest absolute Gasteiger partial charge is 0.251 e. The first kappa shape index (κ1) is 14.8. The SMILES string of the molecule is COc1ccc(C(=O)N[C@@H]2CCCc3c2[nH]c2ccccc32)cc1. The quantitative estimate of drug-likeness (QED) is 0.767. The zero-order valence-electron chi connectivity index (χ0n) is 13.6. The number of aromatic amines is 1. The maximum Gasteiger partial charge on any atom is 0.251 e. The Morgan fingerprint density at radius 2 is 1.96 bits per heavy atom. The molecule has 1 amide bonds. The molecule has 122 valence electrons. The van der Waals surface area contributed by atoms with Gasteiger partial charge in [-0.2, -0.15) is 0 Å². The Kier molecular flexibility index (Phi) is 3.73. The number of aromatic nitrogens is 1. The monoisotopic (exact) mass is 320 g/mol. The summed E-state index contributed by atoms with van der Waals surface area (Å²) in [6.45, 7) is 0. The largest absolute Gasteiger partial charge is 0.497 e. The van der Waals surface area contributed by atoms with E-state index in [2.05, 4.69) is 28.5 Å². The van der Waals surface area contributed by atoms with Gasteiger partial charge < -0.3 is 15.0 Å². The van der Waals surface area contributed by atoms with Crippen molar-refractivity contribution in [3.63, 3.8) is 0 Å². The van der Waals surface area contributed by atoms with Gasteiger partial charge in [0.2, 0.25) is 0 Å². The fourth-order valence-corrected chi connectivity index (χ4v) is 3.54. The second-order valence-corrected chi connectivity index (χ2v) is 6.21. The molecule has 1 aliphatic rings. The van der Waals surface area contributed by atoms with Gasteiger partial charge in [-0.05, 0) is 55.2 Å². The second-order valence-electron chi connectivity index (χ2n) is 6.21. The normalized spacial score (nSPS) is 16.6. The third-order valence-corrected chi connectivity index (χ3v) is 4.77. The van der Waals surface area contributed by atoms with Crippen LogP contribution < -0.4 is 10.1 Å². The Balaban J connectivity index is 1.60. The third-order valence-electron chi connectivity index (χ3n) is 4.77. The van der Waals surface area contributed by atoms with Crippen molar-refractivity contribution in [1.82, 2.24) is 10.3 Å². The molecule has 3 aromatic rings. The van der Waals surface area contributed by atoms with E-state index in [1.165, 1.54) is 10.9 Å². The first-order valence-electron chi connectivity index (χ1n) is 8.30. The summed E-state index contributed by atoms with van der Waals surface area (Å²) in [4.78, 5) is 16.1. The number of fused-ring (bicyclic) bond motifs is 3. The molecule has 2 N–H and O–H groups in total. The maximum atomic E-state index is 12.6. The Labute approximate surface area is 140 Å². The van der Waals surface area contributed by atoms with Crippen molar-refractivity contribution in [3.8, 4) is 5.75 Å². The summed E-state index contributed by atoms with van der Waals surface area (Å²) in [5.41, 5.74) is 4.30. The highest BCUT2D eigenvalue weighted by Gasteiger charge is 2.25. The molecule has 1 atom stereocenters. The standard InChI is InChI=1S/C20H20N2O2/c1-24-14-11-9-13(10-12-14)20(23)22-18-8-4-6-16-15-5-2-3-7-17(15)21-19(16)18/h2-3,5,7,9-12,18,21H,4,6,8H2,1H3,(H,22,23)/t18-/m1/s1. The molecule has 0 aliphatic heterocycles. The Morgan fingerprint density at radius 3 is 2.75 bits per heavy atom. The summed E-state index contributed by atoms with van der Waals surface area (Å²) in [7, 11) is 1.62. The molecule has 4 heteroatoms. The third kappa shape index (κ3) is 2.54. The number of benzene rings is 2. The van der Waals surface area contributed by atoms with E-state index >= 15 is 0 Å². The van der Waals surface area contributed by atoms with E-state index in [4.69, 9.17) is 4.74 Å². The number of carbonyl (C=O) groups excluding carboxylic acids is 1. The van der Waals surface area contributed by atoms with Crippen LogP contribution >= 0.6 is 0 Å². The van der Waals surface area contributed by atoms with Crippen molar-refractivity contribution in [2.24, 2.45) is 0 Å². The summed E-state index contributed by atoms with van der Waals surface area (Å²) in [6.07, 6.45) is 3.11. The van der Waals surface area contributed by atoms with Gasteiger partial charge in [-0.25, -0.2) is 0 Å². The van der Waals surface area contributed by atoms with Crippen LogP contribution in [0.2, 0.25) is 0 Å². The van der Waals surface area contributed by atoms with Crippen LogP contribution in [0.3, 0.4) is 0 Å². The van der Waals surface area contributed by atoms with Crippen LogP contribution in [0.5, 0.6) is 5.75 Å². The Bertz CT molecular complexity index is 880. The lowest BCUT2D eigenvalue weighted by Gasteiger charge is -2.24. The molecule has 0 spiro atoms. The van der Waals surface area contributed by atoms with Crippen molar-refractivity contribution in [3.05, 3.63) is 65.4 Å². The molecule has 1 aliphatic carbocycles. The van der Waals surface area contributed by atoms with E-state index in [-0.39, 0.29) is 11.9 Å². The average Bonchev–Trinajstić information content (AvgIpc) is 3.02. The van der Waals surface area contributed by atoms with Gasteiger partial charge in [-0.3, -0.25) is 4.79 Å². The van der Waals surface area contributed by atoms with E-state index < -0.39 is 0 Å². The van der Waals surface area contributed by atoms with Gasteiger partial charge in [0.25, 0.3) is 5.91 Å². The molecule has 4 rings (SSSR count). The molecule has 0 fully saturated rings. The lowest BCUT2D eigenvalue weighted by Crippen LogP contribution is -2.31. The van der Waals surface area contributed by atoms with Gasteiger partial charge in [0.05, 0.1) is 13.2 Å². The van der Waals surface area contributed by atoms with E-state index in [9.17, 15) is 4.79 Å². The minimum Gasteiger partial charge on any atom is -0.497 e. The molecule has 0 radical (unpaired) electrons. The molecule has 2 aromatic carbocycles. The summed E-state index contributed by atoms with van der Waals surface area (Å²) in [5.74, 6) is 0.705. The highest BCUT2D eigenvalue weighted by Crippen LogP contribution is 2.34. The molecule has 0 unspecified atom stereocenters. The van der Waals surface area contributed by atoms with Gasteiger partial charge in [-0.15, -0.1) is 0 Å². The molecule has 0 saturated heterocycles. The number of ether oxygens (including phenoxy) is 1. The number of methoxy groups -OCH3 is 1. The van der Waals surface area contributed by atoms with Crippen molar-refractivity contribution < 1.29 is 9.53 Å². The predicted molar refractivity (Wildman–Crippen MR) is 94.4 cm³/mol. The molecule has 1 heterocycles. The second kappa shape index (κ2) is 6.04. The van der Waals surface area contributed by atoms with E-state index in [1.807, 2.05) is 18.2 Å². The number of carbonyl (C=O) groups is 1. The first-order valence-corrected chi connectivity index (χ1v) is 8.30. The molecule has 0 bridgehead atoms. The average molecular weight is 320 g/mol.